The molecule has 0 spiro atoms. The molecule has 9 heteroatoms. The maximum Gasteiger partial charge on any atom is 0.234 e. The number of aromatic nitrogens is 2. The largest absolute Gasteiger partial charge is 0.365 e. The molecular weight excluding hydrogens is 389 g/mol. The molecule has 0 radical (unpaired) electrons. The number of anilines is 2. The molecule has 1 amide bonds. The van der Waals surface area contributed by atoms with E-state index in [1.807, 2.05) is 0 Å². The van der Waals surface area contributed by atoms with Crippen LogP contribution in [0, 0.1) is 17.5 Å². The van der Waals surface area contributed by atoms with E-state index in [-0.39, 0.29) is 23.2 Å². The fourth-order valence-corrected chi connectivity index (χ4v) is 2.81. The zero-order valence-electron chi connectivity index (χ0n) is 14.5. The maximum absolute atomic E-state index is 13.1. The van der Waals surface area contributed by atoms with Gasteiger partial charge in [0.25, 0.3) is 0 Å². The van der Waals surface area contributed by atoms with Gasteiger partial charge < -0.3 is 10.6 Å². The van der Waals surface area contributed by atoms with E-state index < -0.39 is 11.6 Å². The molecular formula is C19H15F3N4OS. The molecule has 0 aliphatic rings. The number of thioether (sulfide) groups is 1. The standard InChI is InChI=1S/C19H15F3N4OS/c20-13-3-1-12(2-4-13)10-23-17-7-8-19(26-25-17)28-11-18(27)24-14-5-6-15(21)16(22)9-14/h1-9H,10-11H2,(H,23,25)(H,24,27). The van der Waals surface area contributed by atoms with Crippen molar-refractivity contribution in [2.45, 2.75) is 11.6 Å². The smallest absolute Gasteiger partial charge is 0.234 e. The Bertz CT molecular complexity index is 952. The van der Waals surface area contributed by atoms with E-state index in [4.69, 9.17) is 0 Å². The number of nitrogens with zero attached hydrogens (tertiary/aromatic N) is 2. The zero-order valence-corrected chi connectivity index (χ0v) is 15.3. The summed E-state index contributed by atoms with van der Waals surface area (Å²) in [5, 5.41) is 14.1. The van der Waals surface area contributed by atoms with Gasteiger partial charge in [0.15, 0.2) is 11.6 Å². The Kier molecular flexibility index (Phi) is 6.49. The summed E-state index contributed by atoms with van der Waals surface area (Å²) in [4.78, 5) is 11.9. The van der Waals surface area contributed by atoms with Gasteiger partial charge in [-0.3, -0.25) is 4.79 Å². The van der Waals surface area contributed by atoms with Crippen LogP contribution in [0.5, 0.6) is 0 Å². The fraction of sp³-hybridized carbons (Fsp3) is 0.105. The van der Waals surface area contributed by atoms with E-state index in [1.54, 1.807) is 24.3 Å². The fourth-order valence-electron chi connectivity index (χ4n) is 2.20. The molecule has 2 N–H and O–H groups in total. The number of hydrogen-bond donors (Lipinski definition) is 2. The summed E-state index contributed by atoms with van der Waals surface area (Å²) in [5.41, 5.74) is 1.08. The van der Waals surface area contributed by atoms with Crippen LogP contribution in [-0.2, 0) is 11.3 Å². The summed E-state index contributed by atoms with van der Waals surface area (Å²) >= 11 is 1.16. The first-order valence-corrected chi connectivity index (χ1v) is 9.18. The third-order valence-electron chi connectivity index (χ3n) is 3.58. The van der Waals surface area contributed by atoms with Gasteiger partial charge in [0, 0.05) is 18.3 Å². The second-order valence-electron chi connectivity index (χ2n) is 5.70. The van der Waals surface area contributed by atoms with Crippen LogP contribution in [0.1, 0.15) is 5.56 Å². The van der Waals surface area contributed by atoms with E-state index in [1.165, 1.54) is 18.2 Å². The minimum absolute atomic E-state index is 0.0377. The van der Waals surface area contributed by atoms with Crippen LogP contribution >= 0.6 is 11.8 Å². The lowest BCUT2D eigenvalue weighted by Gasteiger charge is -2.07. The highest BCUT2D eigenvalue weighted by molar-refractivity contribution is 7.99. The summed E-state index contributed by atoms with van der Waals surface area (Å²) < 4.78 is 38.9. The Morgan fingerprint density at radius 1 is 0.929 bits per heavy atom. The quantitative estimate of drug-likeness (QED) is 0.577. The first-order chi connectivity index (χ1) is 13.5. The van der Waals surface area contributed by atoms with Gasteiger partial charge in [0.2, 0.25) is 5.91 Å². The topological polar surface area (TPSA) is 66.9 Å². The lowest BCUT2D eigenvalue weighted by molar-refractivity contribution is -0.113. The van der Waals surface area contributed by atoms with E-state index >= 15 is 0 Å². The SMILES string of the molecule is O=C(CSc1ccc(NCc2ccc(F)cc2)nn1)Nc1ccc(F)c(F)c1. The third kappa shape index (κ3) is 5.71. The number of benzene rings is 2. The summed E-state index contributed by atoms with van der Waals surface area (Å²) in [6, 6.07) is 12.7. The number of hydrogen-bond acceptors (Lipinski definition) is 5. The summed E-state index contributed by atoms with van der Waals surface area (Å²) in [6.45, 7) is 0.470. The normalized spacial score (nSPS) is 10.5. The van der Waals surface area contributed by atoms with Crippen molar-refractivity contribution in [2.75, 3.05) is 16.4 Å². The van der Waals surface area contributed by atoms with Crippen molar-refractivity contribution in [1.29, 1.82) is 0 Å². The number of rotatable bonds is 7. The molecule has 2 aromatic carbocycles. The Labute approximate surface area is 163 Å². The van der Waals surface area contributed by atoms with Crippen molar-refractivity contribution in [3.05, 3.63) is 77.6 Å². The molecule has 0 aliphatic carbocycles. The van der Waals surface area contributed by atoms with Crippen LogP contribution in [0.2, 0.25) is 0 Å². The van der Waals surface area contributed by atoms with Crippen molar-refractivity contribution in [1.82, 2.24) is 10.2 Å². The van der Waals surface area contributed by atoms with Gasteiger partial charge in [0.1, 0.15) is 16.7 Å². The van der Waals surface area contributed by atoms with Crippen molar-refractivity contribution in [3.8, 4) is 0 Å². The van der Waals surface area contributed by atoms with Crippen LogP contribution in [0.4, 0.5) is 24.7 Å². The highest BCUT2D eigenvalue weighted by Crippen LogP contribution is 2.18. The van der Waals surface area contributed by atoms with Gasteiger partial charge >= 0.3 is 0 Å². The van der Waals surface area contributed by atoms with Crippen LogP contribution in [0.25, 0.3) is 0 Å². The molecule has 0 bridgehead atoms. The van der Waals surface area contributed by atoms with Gasteiger partial charge in [-0.25, -0.2) is 13.2 Å². The average molecular weight is 404 g/mol. The Balaban J connectivity index is 1.46. The molecule has 0 unspecified atom stereocenters. The van der Waals surface area contributed by atoms with Crippen molar-refractivity contribution >= 4 is 29.2 Å². The average Bonchev–Trinajstić information content (AvgIpc) is 2.69. The Morgan fingerprint density at radius 3 is 2.39 bits per heavy atom. The van der Waals surface area contributed by atoms with Crippen LogP contribution in [0.15, 0.2) is 59.6 Å². The molecule has 0 saturated carbocycles. The van der Waals surface area contributed by atoms with Crippen LogP contribution < -0.4 is 10.6 Å². The molecule has 0 atom stereocenters. The second-order valence-corrected chi connectivity index (χ2v) is 6.70. The van der Waals surface area contributed by atoms with Gasteiger partial charge in [-0.1, -0.05) is 23.9 Å². The van der Waals surface area contributed by atoms with Crippen LogP contribution in [-0.4, -0.2) is 21.9 Å². The molecule has 1 aromatic heterocycles. The van der Waals surface area contributed by atoms with Crippen molar-refractivity contribution in [2.24, 2.45) is 0 Å². The lowest BCUT2D eigenvalue weighted by atomic mass is 10.2. The molecule has 144 valence electrons. The molecule has 0 fully saturated rings. The number of carbonyl (C=O) groups is 1. The number of amides is 1. The third-order valence-corrected chi connectivity index (χ3v) is 4.50. The van der Waals surface area contributed by atoms with Crippen LogP contribution in [0.3, 0.4) is 0 Å². The number of nitrogens with one attached hydrogen (secondary N) is 2. The zero-order chi connectivity index (χ0) is 19.9. The Morgan fingerprint density at radius 2 is 1.71 bits per heavy atom. The highest BCUT2D eigenvalue weighted by atomic mass is 32.2. The van der Waals surface area contributed by atoms with E-state index in [2.05, 4.69) is 20.8 Å². The highest BCUT2D eigenvalue weighted by Gasteiger charge is 2.08. The minimum Gasteiger partial charge on any atom is -0.365 e. The summed E-state index contributed by atoms with van der Waals surface area (Å²) in [5.74, 6) is -2.10. The second kappa shape index (κ2) is 9.23. The van der Waals surface area contributed by atoms with Crippen molar-refractivity contribution in [3.63, 3.8) is 0 Å². The number of carbonyl (C=O) groups excluding carboxylic acids is 1. The lowest BCUT2D eigenvalue weighted by Crippen LogP contribution is -2.14. The molecule has 3 aromatic rings. The van der Waals surface area contributed by atoms with Gasteiger partial charge in [-0.2, -0.15) is 0 Å². The van der Waals surface area contributed by atoms with Gasteiger partial charge in [0.05, 0.1) is 5.75 Å². The maximum atomic E-state index is 13.1. The number of halogens is 3. The first-order valence-electron chi connectivity index (χ1n) is 8.19. The molecule has 3 rings (SSSR count). The molecule has 5 nitrogen and oxygen atoms in total. The summed E-state index contributed by atoms with van der Waals surface area (Å²) in [6.07, 6.45) is 0. The van der Waals surface area contributed by atoms with Crippen molar-refractivity contribution < 1.29 is 18.0 Å². The monoisotopic (exact) mass is 404 g/mol. The van der Waals surface area contributed by atoms with Gasteiger partial charge in [-0.05, 0) is 42.0 Å². The first kappa shape index (κ1) is 19.7. The van der Waals surface area contributed by atoms with Gasteiger partial charge in [-0.15, -0.1) is 10.2 Å². The van der Waals surface area contributed by atoms with E-state index in [0.29, 0.717) is 17.4 Å². The minimum atomic E-state index is -1.03. The molecule has 1 heterocycles. The summed E-state index contributed by atoms with van der Waals surface area (Å²) in [7, 11) is 0. The Hall–Kier alpha value is -3.07. The molecule has 0 saturated heterocycles. The molecule has 0 aliphatic heterocycles. The predicted octanol–water partition coefficient (Wildman–Crippen LogP) is 4.24. The van der Waals surface area contributed by atoms with E-state index in [0.717, 1.165) is 29.5 Å². The molecule has 28 heavy (non-hydrogen) atoms. The predicted molar refractivity (Wildman–Crippen MR) is 101 cm³/mol. The van der Waals surface area contributed by atoms with E-state index in [9.17, 15) is 18.0 Å².